The molecule has 2 rings (SSSR count). The van der Waals surface area contributed by atoms with E-state index >= 15 is 0 Å². The highest BCUT2D eigenvalue weighted by Gasteiger charge is 2.18. The largest absolute Gasteiger partial charge is 0.325 e. The predicted molar refractivity (Wildman–Crippen MR) is 87.1 cm³/mol. The number of aryl methyl sites for hydroxylation is 1. The molecule has 2 aromatic rings. The second kappa shape index (κ2) is 7.18. The van der Waals surface area contributed by atoms with E-state index in [0.29, 0.717) is 6.54 Å². The molecule has 1 atom stereocenters. The molecule has 1 amide bonds. The first-order valence-corrected chi connectivity index (χ1v) is 7.28. The van der Waals surface area contributed by atoms with Crippen molar-refractivity contribution in [2.75, 3.05) is 12.4 Å². The van der Waals surface area contributed by atoms with Gasteiger partial charge in [-0.05, 0) is 56.3 Å². The van der Waals surface area contributed by atoms with E-state index in [-0.39, 0.29) is 17.8 Å². The molecule has 0 fully saturated rings. The van der Waals surface area contributed by atoms with Gasteiger partial charge in [0.2, 0.25) is 5.91 Å². The number of likely N-dealkylation sites (N-methyl/N-ethyl adjacent to an activating group) is 1. The molecule has 0 aromatic heterocycles. The molecule has 0 aliphatic rings. The maximum atomic E-state index is 12.9. The molecule has 0 bridgehead atoms. The van der Waals surface area contributed by atoms with Crippen LogP contribution >= 0.6 is 0 Å². The number of carbonyl (C=O) groups is 1. The molecule has 4 heteroatoms. The molecule has 2 aromatic carbocycles. The van der Waals surface area contributed by atoms with Crippen molar-refractivity contribution in [1.29, 1.82) is 0 Å². The first-order valence-electron chi connectivity index (χ1n) is 7.28. The van der Waals surface area contributed by atoms with Crippen molar-refractivity contribution >= 4 is 11.6 Å². The van der Waals surface area contributed by atoms with Crippen LogP contribution in [0.3, 0.4) is 0 Å². The van der Waals surface area contributed by atoms with Gasteiger partial charge in [0, 0.05) is 12.2 Å². The van der Waals surface area contributed by atoms with Crippen LogP contribution in [0.15, 0.2) is 48.5 Å². The summed E-state index contributed by atoms with van der Waals surface area (Å²) >= 11 is 0. The zero-order valence-electron chi connectivity index (χ0n) is 13.1. The minimum Gasteiger partial charge on any atom is -0.325 e. The average Bonchev–Trinajstić information content (AvgIpc) is 2.48. The average molecular weight is 300 g/mol. The third-order valence-electron chi connectivity index (χ3n) is 3.67. The molecule has 0 aliphatic heterocycles. The number of hydrogen-bond donors (Lipinski definition) is 1. The molecule has 0 radical (unpaired) electrons. The van der Waals surface area contributed by atoms with Crippen molar-refractivity contribution in [3.05, 3.63) is 65.5 Å². The van der Waals surface area contributed by atoms with E-state index in [1.165, 1.54) is 12.1 Å². The topological polar surface area (TPSA) is 32.3 Å². The first-order chi connectivity index (χ1) is 10.5. The number of rotatable bonds is 5. The Bertz CT molecular complexity index is 640. The van der Waals surface area contributed by atoms with Crippen molar-refractivity contribution < 1.29 is 9.18 Å². The maximum absolute atomic E-state index is 12.9. The number of nitrogens with zero attached hydrogens (tertiary/aromatic N) is 1. The number of anilines is 1. The summed E-state index contributed by atoms with van der Waals surface area (Å²) in [7, 11) is 1.88. The summed E-state index contributed by atoms with van der Waals surface area (Å²) < 4.78 is 12.9. The van der Waals surface area contributed by atoms with Gasteiger partial charge < -0.3 is 5.32 Å². The Morgan fingerprint density at radius 2 is 1.91 bits per heavy atom. The van der Waals surface area contributed by atoms with Gasteiger partial charge in [-0.3, -0.25) is 9.69 Å². The second-order valence-electron chi connectivity index (χ2n) is 5.58. The molecule has 22 heavy (non-hydrogen) atoms. The van der Waals surface area contributed by atoms with Crippen molar-refractivity contribution in [3.8, 4) is 0 Å². The summed E-state index contributed by atoms with van der Waals surface area (Å²) in [6.07, 6.45) is 0. The normalized spacial score (nSPS) is 12.2. The first kappa shape index (κ1) is 16.2. The number of carbonyl (C=O) groups excluding carboxylic acids is 1. The van der Waals surface area contributed by atoms with E-state index in [4.69, 9.17) is 0 Å². The minimum atomic E-state index is -0.287. The summed E-state index contributed by atoms with van der Waals surface area (Å²) in [6, 6.07) is 13.8. The Morgan fingerprint density at radius 1 is 1.23 bits per heavy atom. The lowest BCUT2D eigenvalue weighted by atomic mass is 10.1. The number of hydrogen-bond acceptors (Lipinski definition) is 2. The van der Waals surface area contributed by atoms with Crippen molar-refractivity contribution in [2.24, 2.45) is 0 Å². The van der Waals surface area contributed by atoms with Gasteiger partial charge in [0.15, 0.2) is 0 Å². The quantitative estimate of drug-likeness (QED) is 0.915. The Balaban J connectivity index is 1.95. The van der Waals surface area contributed by atoms with Gasteiger partial charge >= 0.3 is 0 Å². The van der Waals surface area contributed by atoms with Crippen molar-refractivity contribution in [2.45, 2.75) is 26.4 Å². The molecule has 1 N–H and O–H groups in total. The Kier molecular flexibility index (Phi) is 5.28. The molecular weight excluding hydrogens is 279 g/mol. The third kappa shape index (κ3) is 4.40. The lowest BCUT2D eigenvalue weighted by Crippen LogP contribution is -2.39. The van der Waals surface area contributed by atoms with Crippen LogP contribution in [-0.4, -0.2) is 23.9 Å². The zero-order chi connectivity index (χ0) is 16.1. The molecule has 0 saturated heterocycles. The molecule has 0 spiro atoms. The fourth-order valence-electron chi connectivity index (χ4n) is 2.18. The monoisotopic (exact) mass is 300 g/mol. The number of benzene rings is 2. The molecule has 0 unspecified atom stereocenters. The molecule has 0 saturated carbocycles. The fourth-order valence-corrected chi connectivity index (χ4v) is 2.18. The lowest BCUT2D eigenvalue weighted by Gasteiger charge is -2.24. The Hall–Kier alpha value is -2.20. The van der Waals surface area contributed by atoms with Crippen LogP contribution in [0.2, 0.25) is 0 Å². The highest BCUT2D eigenvalue weighted by Crippen LogP contribution is 2.12. The van der Waals surface area contributed by atoms with Gasteiger partial charge in [-0.25, -0.2) is 4.39 Å². The van der Waals surface area contributed by atoms with Crippen LogP contribution in [-0.2, 0) is 11.3 Å². The summed E-state index contributed by atoms with van der Waals surface area (Å²) in [5.74, 6) is -0.313. The van der Waals surface area contributed by atoms with E-state index in [2.05, 4.69) is 5.32 Å². The fraction of sp³-hybridized carbons (Fsp3) is 0.278. The molecule has 0 aliphatic carbocycles. The van der Waals surface area contributed by atoms with E-state index in [1.807, 2.05) is 50.1 Å². The zero-order valence-corrected chi connectivity index (χ0v) is 13.1. The molecule has 0 heterocycles. The smallest absolute Gasteiger partial charge is 0.241 e. The lowest BCUT2D eigenvalue weighted by molar-refractivity contribution is -0.120. The van der Waals surface area contributed by atoms with Crippen LogP contribution in [0.1, 0.15) is 18.1 Å². The van der Waals surface area contributed by atoms with Crippen molar-refractivity contribution in [3.63, 3.8) is 0 Å². The second-order valence-corrected chi connectivity index (χ2v) is 5.58. The van der Waals surface area contributed by atoms with Crippen molar-refractivity contribution in [1.82, 2.24) is 4.90 Å². The predicted octanol–water partition coefficient (Wildman–Crippen LogP) is 3.59. The van der Waals surface area contributed by atoms with E-state index in [9.17, 15) is 9.18 Å². The maximum Gasteiger partial charge on any atom is 0.241 e. The van der Waals surface area contributed by atoms with Crippen LogP contribution in [0.5, 0.6) is 0 Å². The molecule has 116 valence electrons. The SMILES string of the molecule is Cc1cccc(NC(=O)[C@H](C)N(C)Cc2ccc(F)cc2)c1. The van der Waals surface area contributed by atoms with Crippen LogP contribution in [0.4, 0.5) is 10.1 Å². The van der Waals surface area contributed by atoms with Gasteiger partial charge in [-0.1, -0.05) is 24.3 Å². The van der Waals surface area contributed by atoms with Gasteiger partial charge in [0.25, 0.3) is 0 Å². The highest BCUT2D eigenvalue weighted by atomic mass is 19.1. The molecular formula is C18H21FN2O. The van der Waals surface area contributed by atoms with Crippen LogP contribution in [0, 0.1) is 12.7 Å². The Morgan fingerprint density at radius 3 is 2.55 bits per heavy atom. The highest BCUT2D eigenvalue weighted by molar-refractivity contribution is 5.94. The summed E-state index contributed by atoms with van der Waals surface area (Å²) in [4.78, 5) is 14.2. The number of amides is 1. The van der Waals surface area contributed by atoms with Gasteiger partial charge in [-0.15, -0.1) is 0 Å². The standard InChI is InChI=1S/C18H21FN2O/c1-13-5-4-6-17(11-13)20-18(22)14(2)21(3)12-15-7-9-16(19)10-8-15/h4-11,14H,12H2,1-3H3,(H,20,22)/t14-/m0/s1. The third-order valence-corrected chi connectivity index (χ3v) is 3.67. The van der Waals surface area contributed by atoms with Crippen LogP contribution in [0.25, 0.3) is 0 Å². The van der Waals surface area contributed by atoms with E-state index in [1.54, 1.807) is 12.1 Å². The minimum absolute atomic E-state index is 0.0600. The summed E-state index contributed by atoms with van der Waals surface area (Å²) in [5, 5.41) is 2.92. The van der Waals surface area contributed by atoms with Gasteiger partial charge in [0.05, 0.1) is 6.04 Å². The Labute approximate surface area is 130 Å². The number of nitrogens with one attached hydrogen (secondary N) is 1. The summed E-state index contributed by atoms with van der Waals surface area (Å²) in [5.41, 5.74) is 2.87. The molecule has 3 nitrogen and oxygen atoms in total. The van der Waals surface area contributed by atoms with Gasteiger partial charge in [-0.2, -0.15) is 0 Å². The van der Waals surface area contributed by atoms with Gasteiger partial charge in [0.1, 0.15) is 5.82 Å². The summed E-state index contributed by atoms with van der Waals surface area (Å²) in [6.45, 7) is 4.43. The van der Waals surface area contributed by atoms with Crippen LogP contribution < -0.4 is 5.32 Å². The van der Waals surface area contributed by atoms with E-state index < -0.39 is 0 Å². The van der Waals surface area contributed by atoms with E-state index in [0.717, 1.165) is 16.8 Å². The number of halogens is 1.